The number of nitrogens with two attached hydrogens (primary N) is 2. The van der Waals surface area contributed by atoms with Crippen LogP contribution in [-0.4, -0.2) is 5.91 Å². The van der Waals surface area contributed by atoms with E-state index >= 15 is 0 Å². The second-order valence-electron chi connectivity index (χ2n) is 3.45. The predicted octanol–water partition coefficient (Wildman–Crippen LogP) is 0.700. The number of aryl methyl sites for hydroxylation is 1. The van der Waals surface area contributed by atoms with E-state index in [1.54, 1.807) is 6.07 Å². The zero-order valence-corrected chi connectivity index (χ0v) is 9.63. The number of nitrogen functional groups attached to an aromatic ring is 2. The predicted molar refractivity (Wildman–Crippen MR) is 64.7 cm³/mol. The first-order valence-electron chi connectivity index (χ1n) is 5.31. The van der Waals surface area contributed by atoms with Crippen LogP contribution in [0.4, 0.5) is 5.69 Å². The van der Waals surface area contributed by atoms with Gasteiger partial charge in [0.1, 0.15) is 0 Å². The molecule has 0 fully saturated rings. The van der Waals surface area contributed by atoms with E-state index in [4.69, 9.17) is 11.7 Å². The van der Waals surface area contributed by atoms with E-state index in [2.05, 4.69) is 17.8 Å². The minimum Gasteiger partial charge on any atom is -0.323 e. The number of hydrazine groups is 2. The Hall–Kier alpha value is -1.59. The fraction of sp³-hybridized carbons (Fsp3) is 0.364. The molecule has 0 radical (unpaired) electrons. The fourth-order valence-electron chi connectivity index (χ4n) is 1.86. The van der Waals surface area contributed by atoms with Crippen molar-refractivity contribution in [2.75, 3.05) is 5.43 Å². The Morgan fingerprint density at radius 2 is 1.94 bits per heavy atom. The molecular weight excluding hydrogens is 204 g/mol. The summed E-state index contributed by atoms with van der Waals surface area (Å²) in [5, 5.41) is 0. The third-order valence-corrected chi connectivity index (χ3v) is 2.66. The van der Waals surface area contributed by atoms with Gasteiger partial charge in [0.25, 0.3) is 5.91 Å². The van der Waals surface area contributed by atoms with Crippen LogP contribution in [0.1, 0.15) is 35.3 Å². The van der Waals surface area contributed by atoms with Crippen LogP contribution < -0.4 is 22.5 Å². The van der Waals surface area contributed by atoms with Crippen LogP contribution in [0, 0.1) is 0 Å². The molecule has 0 aliphatic rings. The minimum atomic E-state index is -0.342. The lowest BCUT2D eigenvalue weighted by molar-refractivity contribution is 0.0954. The zero-order valence-electron chi connectivity index (χ0n) is 9.63. The van der Waals surface area contributed by atoms with E-state index in [9.17, 15) is 4.79 Å². The number of benzene rings is 1. The molecule has 5 nitrogen and oxygen atoms in total. The lowest BCUT2D eigenvalue weighted by Gasteiger charge is -2.15. The average Bonchev–Trinajstić information content (AvgIpc) is 2.35. The summed E-state index contributed by atoms with van der Waals surface area (Å²) in [6, 6.07) is 3.67. The molecule has 1 aromatic rings. The maximum absolute atomic E-state index is 11.5. The maximum atomic E-state index is 11.5. The average molecular weight is 222 g/mol. The van der Waals surface area contributed by atoms with Gasteiger partial charge < -0.3 is 5.43 Å². The number of carbonyl (C=O) groups excluding carboxylic acids is 1. The van der Waals surface area contributed by atoms with E-state index in [-0.39, 0.29) is 5.91 Å². The summed E-state index contributed by atoms with van der Waals surface area (Å²) in [4.78, 5) is 11.5. The molecule has 0 spiro atoms. The largest absolute Gasteiger partial charge is 0.323 e. The molecule has 16 heavy (non-hydrogen) atoms. The lowest BCUT2D eigenvalue weighted by Crippen LogP contribution is -2.31. The highest BCUT2D eigenvalue weighted by Gasteiger charge is 2.15. The van der Waals surface area contributed by atoms with Crippen molar-refractivity contribution in [1.29, 1.82) is 0 Å². The summed E-state index contributed by atoms with van der Waals surface area (Å²) in [5.74, 6) is 10.3. The van der Waals surface area contributed by atoms with Gasteiger partial charge in [0.2, 0.25) is 0 Å². The first-order chi connectivity index (χ1) is 7.69. The highest BCUT2D eigenvalue weighted by atomic mass is 16.2. The fourth-order valence-corrected chi connectivity index (χ4v) is 1.86. The smallest absolute Gasteiger partial charge is 0.267 e. The standard InChI is InChI=1S/C11H18N4O/c1-3-7-5-6-9(11(16)15-13)10(14-12)8(7)4-2/h5-6,14H,3-4,12-13H2,1-2H3,(H,15,16). The van der Waals surface area contributed by atoms with Crippen LogP contribution in [0.3, 0.4) is 0 Å². The number of rotatable bonds is 4. The Balaban J connectivity index is 3.37. The highest BCUT2D eigenvalue weighted by Crippen LogP contribution is 2.25. The molecule has 6 N–H and O–H groups in total. The van der Waals surface area contributed by atoms with Crippen molar-refractivity contribution >= 4 is 11.6 Å². The summed E-state index contributed by atoms with van der Waals surface area (Å²) in [5.41, 5.74) is 8.07. The molecule has 1 rings (SSSR count). The zero-order chi connectivity index (χ0) is 12.1. The van der Waals surface area contributed by atoms with Crippen LogP contribution in [0.2, 0.25) is 0 Å². The van der Waals surface area contributed by atoms with Gasteiger partial charge in [0, 0.05) is 0 Å². The highest BCUT2D eigenvalue weighted by molar-refractivity contribution is 6.00. The molecule has 88 valence electrons. The van der Waals surface area contributed by atoms with Gasteiger partial charge in [-0.15, -0.1) is 0 Å². The molecular formula is C11H18N4O. The van der Waals surface area contributed by atoms with Gasteiger partial charge in [-0.3, -0.25) is 16.1 Å². The van der Waals surface area contributed by atoms with Gasteiger partial charge in [-0.2, -0.15) is 0 Å². The maximum Gasteiger partial charge on any atom is 0.267 e. The van der Waals surface area contributed by atoms with Crippen molar-refractivity contribution in [1.82, 2.24) is 5.43 Å². The van der Waals surface area contributed by atoms with E-state index < -0.39 is 0 Å². The molecule has 0 aliphatic carbocycles. The van der Waals surface area contributed by atoms with Crippen LogP contribution in [0.15, 0.2) is 12.1 Å². The summed E-state index contributed by atoms with van der Waals surface area (Å²) >= 11 is 0. The molecule has 0 aliphatic heterocycles. The molecule has 0 heterocycles. The molecule has 5 heteroatoms. The molecule has 0 atom stereocenters. The van der Waals surface area contributed by atoms with Crippen molar-refractivity contribution < 1.29 is 4.79 Å². The van der Waals surface area contributed by atoms with Gasteiger partial charge in [-0.05, 0) is 30.0 Å². The van der Waals surface area contributed by atoms with Crippen LogP contribution in [-0.2, 0) is 12.8 Å². The van der Waals surface area contributed by atoms with Crippen LogP contribution in [0.5, 0.6) is 0 Å². The molecule has 1 amide bonds. The van der Waals surface area contributed by atoms with Gasteiger partial charge in [0.05, 0.1) is 11.3 Å². The topological polar surface area (TPSA) is 93.2 Å². The molecule has 1 aromatic carbocycles. The Morgan fingerprint density at radius 3 is 2.38 bits per heavy atom. The molecule has 0 aromatic heterocycles. The Kier molecular flexibility index (Phi) is 4.28. The number of hydrogen-bond acceptors (Lipinski definition) is 4. The van der Waals surface area contributed by atoms with Crippen molar-refractivity contribution in [2.24, 2.45) is 11.7 Å². The van der Waals surface area contributed by atoms with Gasteiger partial charge >= 0.3 is 0 Å². The summed E-state index contributed by atoms with van der Waals surface area (Å²) in [6.07, 6.45) is 1.72. The first kappa shape index (κ1) is 12.5. The SMILES string of the molecule is CCc1ccc(C(=O)NN)c(NN)c1CC. The lowest BCUT2D eigenvalue weighted by atomic mass is 9.97. The number of nitrogens with one attached hydrogen (secondary N) is 2. The molecule has 0 saturated heterocycles. The summed E-state index contributed by atoms with van der Waals surface area (Å²) < 4.78 is 0. The molecule has 0 bridgehead atoms. The minimum absolute atomic E-state index is 0.342. The Bertz CT molecular complexity index is 390. The van der Waals surface area contributed by atoms with Crippen molar-refractivity contribution in [3.8, 4) is 0 Å². The van der Waals surface area contributed by atoms with Crippen LogP contribution in [0.25, 0.3) is 0 Å². The number of anilines is 1. The number of amides is 1. The number of hydrogen-bond donors (Lipinski definition) is 4. The van der Waals surface area contributed by atoms with Crippen LogP contribution >= 0.6 is 0 Å². The second kappa shape index (κ2) is 5.48. The quantitative estimate of drug-likeness (QED) is 0.343. The monoisotopic (exact) mass is 222 g/mol. The van der Waals surface area contributed by atoms with E-state index in [0.29, 0.717) is 11.3 Å². The Labute approximate surface area is 95.1 Å². The number of carbonyl (C=O) groups is 1. The van der Waals surface area contributed by atoms with Gasteiger partial charge in [-0.25, -0.2) is 5.84 Å². The second-order valence-corrected chi connectivity index (χ2v) is 3.45. The van der Waals surface area contributed by atoms with Crippen molar-refractivity contribution in [3.05, 3.63) is 28.8 Å². The summed E-state index contributed by atoms with van der Waals surface area (Å²) in [6.45, 7) is 4.09. The normalized spacial score (nSPS) is 10.0. The van der Waals surface area contributed by atoms with E-state index in [0.717, 1.165) is 18.4 Å². The van der Waals surface area contributed by atoms with Crippen molar-refractivity contribution in [2.45, 2.75) is 26.7 Å². The molecule has 0 saturated carbocycles. The Morgan fingerprint density at radius 1 is 1.25 bits per heavy atom. The third kappa shape index (κ3) is 2.15. The third-order valence-electron chi connectivity index (χ3n) is 2.66. The van der Waals surface area contributed by atoms with Crippen molar-refractivity contribution in [3.63, 3.8) is 0 Å². The van der Waals surface area contributed by atoms with E-state index in [1.807, 2.05) is 13.0 Å². The van der Waals surface area contributed by atoms with Gasteiger partial charge in [0.15, 0.2) is 0 Å². The molecule has 0 unspecified atom stereocenters. The van der Waals surface area contributed by atoms with Gasteiger partial charge in [-0.1, -0.05) is 19.9 Å². The first-order valence-corrected chi connectivity index (χ1v) is 5.31. The van der Waals surface area contributed by atoms with E-state index in [1.165, 1.54) is 5.56 Å². The summed E-state index contributed by atoms with van der Waals surface area (Å²) in [7, 11) is 0.